The van der Waals surface area contributed by atoms with Crippen LogP contribution in [-0.2, 0) is 11.3 Å². The zero-order valence-electron chi connectivity index (χ0n) is 12.8. The van der Waals surface area contributed by atoms with Crippen LogP contribution in [0.4, 0.5) is 5.69 Å². The van der Waals surface area contributed by atoms with Crippen molar-refractivity contribution in [1.29, 1.82) is 0 Å². The smallest absolute Gasteiger partial charge is 0.0750 e. The van der Waals surface area contributed by atoms with E-state index in [1.165, 1.54) is 24.1 Å². The van der Waals surface area contributed by atoms with Gasteiger partial charge in [-0.3, -0.25) is 4.98 Å². The van der Waals surface area contributed by atoms with Gasteiger partial charge in [0.1, 0.15) is 0 Å². The molecule has 112 valence electrons. The fraction of sp³-hybridized carbons (Fsp3) is 0.688. The first-order chi connectivity index (χ1) is 9.85. The Hall–Kier alpha value is -1.13. The second-order valence-corrected chi connectivity index (χ2v) is 5.37. The van der Waals surface area contributed by atoms with Gasteiger partial charge in [0.2, 0.25) is 0 Å². The molecule has 0 aliphatic carbocycles. The van der Waals surface area contributed by atoms with Crippen LogP contribution in [0.1, 0.15) is 38.7 Å². The number of aromatic nitrogens is 1. The summed E-state index contributed by atoms with van der Waals surface area (Å²) in [5, 5.41) is 3.39. The van der Waals surface area contributed by atoms with Crippen LogP contribution in [0.3, 0.4) is 0 Å². The molecule has 4 nitrogen and oxygen atoms in total. The number of nitrogens with zero attached hydrogens (tertiary/aromatic N) is 2. The molecule has 1 aromatic heterocycles. The van der Waals surface area contributed by atoms with Gasteiger partial charge in [0, 0.05) is 49.9 Å². The van der Waals surface area contributed by atoms with Crippen LogP contribution in [0.15, 0.2) is 18.5 Å². The van der Waals surface area contributed by atoms with Gasteiger partial charge in [-0.1, -0.05) is 13.8 Å². The zero-order chi connectivity index (χ0) is 14.2. The second-order valence-electron chi connectivity index (χ2n) is 5.37. The summed E-state index contributed by atoms with van der Waals surface area (Å²) in [5.41, 5.74) is 2.59. The number of hydrogen-bond acceptors (Lipinski definition) is 4. The Balaban J connectivity index is 2.02. The molecule has 0 saturated carbocycles. The van der Waals surface area contributed by atoms with Gasteiger partial charge in [0.25, 0.3) is 0 Å². The molecule has 1 aliphatic heterocycles. The molecule has 1 unspecified atom stereocenters. The maximum absolute atomic E-state index is 5.93. The van der Waals surface area contributed by atoms with E-state index in [2.05, 4.69) is 35.1 Å². The number of pyridine rings is 1. The zero-order valence-corrected chi connectivity index (χ0v) is 12.8. The van der Waals surface area contributed by atoms with E-state index < -0.39 is 0 Å². The highest BCUT2D eigenvalue weighted by atomic mass is 16.5. The molecular weight excluding hydrogens is 250 g/mol. The Morgan fingerprint density at radius 3 is 3.15 bits per heavy atom. The molecule has 0 spiro atoms. The Morgan fingerprint density at radius 2 is 2.35 bits per heavy atom. The average Bonchev–Trinajstić information content (AvgIpc) is 2.51. The van der Waals surface area contributed by atoms with Crippen molar-refractivity contribution >= 4 is 5.69 Å². The predicted octanol–water partition coefficient (Wildman–Crippen LogP) is 2.59. The molecule has 0 aromatic carbocycles. The van der Waals surface area contributed by atoms with Gasteiger partial charge in [-0.25, -0.2) is 0 Å². The molecule has 4 heteroatoms. The first-order valence-corrected chi connectivity index (χ1v) is 7.85. The second kappa shape index (κ2) is 8.22. The normalized spacial score (nSPS) is 19.3. The molecule has 20 heavy (non-hydrogen) atoms. The molecule has 0 radical (unpaired) electrons. The highest BCUT2D eigenvalue weighted by Crippen LogP contribution is 2.24. The molecule has 1 atom stereocenters. The third-order valence-electron chi connectivity index (χ3n) is 3.72. The van der Waals surface area contributed by atoms with E-state index in [1.807, 2.05) is 12.4 Å². The highest BCUT2D eigenvalue weighted by molar-refractivity contribution is 5.52. The van der Waals surface area contributed by atoms with E-state index in [-0.39, 0.29) is 0 Å². The quantitative estimate of drug-likeness (QED) is 0.831. The molecule has 1 N–H and O–H groups in total. The van der Waals surface area contributed by atoms with Crippen LogP contribution < -0.4 is 10.2 Å². The van der Waals surface area contributed by atoms with Gasteiger partial charge in [-0.05, 0) is 31.9 Å². The van der Waals surface area contributed by atoms with Crippen molar-refractivity contribution in [2.24, 2.45) is 0 Å². The third kappa shape index (κ3) is 4.18. The summed E-state index contributed by atoms with van der Waals surface area (Å²) in [6.45, 7) is 9.16. The molecule has 2 rings (SSSR count). The summed E-state index contributed by atoms with van der Waals surface area (Å²) < 4.78 is 5.93. The summed E-state index contributed by atoms with van der Waals surface area (Å²) in [4.78, 5) is 6.72. The first kappa shape index (κ1) is 15.3. The third-order valence-corrected chi connectivity index (χ3v) is 3.72. The van der Waals surface area contributed by atoms with Crippen LogP contribution in [0.5, 0.6) is 0 Å². The number of anilines is 1. The summed E-state index contributed by atoms with van der Waals surface area (Å²) >= 11 is 0. The van der Waals surface area contributed by atoms with Gasteiger partial charge < -0.3 is 15.0 Å². The molecular formula is C16H27N3O. The minimum absolute atomic E-state index is 0.379. The van der Waals surface area contributed by atoms with E-state index in [9.17, 15) is 0 Å². The largest absolute Gasteiger partial charge is 0.376 e. The van der Waals surface area contributed by atoms with Crippen molar-refractivity contribution < 1.29 is 4.74 Å². The van der Waals surface area contributed by atoms with Gasteiger partial charge in [-0.15, -0.1) is 0 Å². The number of hydrogen-bond donors (Lipinski definition) is 1. The summed E-state index contributed by atoms with van der Waals surface area (Å²) in [6, 6.07) is 2.13. The lowest BCUT2D eigenvalue weighted by atomic mass is 10.1. The lowest BCUT2D eigenvalue weighted by molar-refractivity contribution is 0.0440. The summed E-state index contributed by atoms with van der Waals surface area (Å²) in [7, 11) is 0. The van der Waals surface area contributed by atoms with Crippen molar-refractivity contribution in [3.63, 3.8) is 0 Å². The SMILES string of the molecule is CCCOC1CCCN(c2ccncc2CNCC)C1. The molecule has 0 bridgehead atoms. The van der Waals surface area contributed by atoms with E-state index >= 15 is 0 Å². The standard InChI is InChI=1S/C16H27N3O/c1-3-10-20-15-6-5-9-19(13-15)16-7-8-18-12-14(16)11-17-4-2/h7-8,12,15,17H,3-6,9-11,13H2,1-2H3. The van der Waals surface area contributed by atoms with Crippen molar-refractivity contribution in [2.75, 3.05) is 31.1 Å². The van der Waals surface area contributed by atoms with E-state index in [0.717, 1.165) is 39.2 Å². The van der Waals surface area contributed by atoms with Crippen LogP contribution in [0, 0.1) is 0 Å². The number of ether oxygens (including phenoxy) is 1. The number of piperidine rings is 1. The van der Waals surface area contributed by atoms with E-state index in [0.29, 0.717) is 6.10 Å². The summed E-state index contributed by atoms with van der Waals surface area (Å²) in [5.74, 6) is 0. The molecule has 0 amide bonds. The molecule has 2 heterocycles. The topological polar surface area (TPSA) is 37.4 Å². The number of nitrogens with one attached hydrogen (secondary N) is 1. The minimum atomic E-state index is 0.379. The molecule has 1 aliphatic rings. The number of rotatable bonds is 7. The highest BCUT2D eigenvalue weighted by Gasteiger charge is 2.21. The van der Waals surface area contributed by atoms with Crippen LogP contribution in [0.2, 0.25) is 0 Å². The minimum Gasteiger partial charge on any atom is -0.376 e. The average molecular weight is 277 g/mol. The van der Waals surface area contributed by atoms with Crippen molar-refractivity contribution in [1.82, 2.24) is 10.3 Å². The van der Waals surface area contributed by atoms with Crippen molar-refractivity contribution in [3.05, 3.63) is 24.0 Å². The van der Waals surface area contributed by atoms with E-state index in [1.54, 1.807) is 0 Å². The van der Waals surface area contributed by atoms with Crippen LogP contribution in [0.25, 0.3) is 0 Å². The van der Waals surface area contributed by atoms with Gasteiger partial charge in [-0.2, -0.15) is 0 Å². The van der Waals surface area contributed by atoms with Crippen LogP contribution >= 0.6 is 0 Å². The fourth-order valence-electron chi connectivity index (χ4n) is 2.70. The lowest BCUT2D eigenvalue weighted by Gasteiger charge is -2.35. The van der Waals surface area contributed by atoms with Crippen molar-refractivity contribution in [2.45, 2.75) is 45.8 Å². The predicted molar refractivity (Wildman–Crippen MR) is 83.1 cm³/mol. The van der Waals surface area contributed by atoms with Gasteiger partial charge in [0.05, 0.1) is 6.10 Å². The lowest BCUT2D eigenvalue weighted by Crippen LogP contribution is -2.40. The fourth-order valence-corrected chi connectivity index (χ4v) is 2.70. The van der Waals surface area contributed by atoms with Crippen LogP contribution in [-0.4, -0.2) is 37.3 Å². The van der Waals surface area contributed by atoms with Crippen molar-refractivity contribution in [3.8, 4) is 0 Å². The van der Waals surface area contributed by atoms with E-state index in [4.69, 9.17) is 4.74 Å². The van der Waals surface area contributed by atoms with Gasteiger partial charge >= 0.3 is 0 Å². The Labute approximate surface area is 122 Å². The molecule has 1 aromatic rings. The Bertz CT molecular complexity index is 397. The van der Waals surface area contributed by atoms with Gasteiger partial charge in [0.15, 0.2) is 0 Å². The Morgan fingerprint density at radius 1 is 1.45 bits per heavy atom. The Kier molecular flexibility index (Phi) is 6.27. The monoisotopic (exact) mass is 277 g/mol. The molecule has 1 saturated heterocycles. The molecule has 1 fully saturated rings. The maximum Gasteiger partial charge on any atom is 0.0750 e. The first-order valence-electron chi connectivity index (χ1n) is 7.85. The maximum atomic E-state index is 5.93. The summed E-state index contributed by atoms with van der Waals surface area (Å²) in [6.07, 6.45) is 7.73.